The second kappa shape index (κ2) is 13.5. The minimum absolute atomic E-state index is 0.0472. The Balaban J connectivity index is 0.00000176. The van der Waals surface area contributed by atoms with Crippen molar-refractivity contribution >= 4 is 5.78 Å². The number of ether oxygens (including phenoxy) is 1. The van der Waals surface area contributed by atoms with Crippen LogP contribution in [-0.4, -0.2) is 30.6 Å². The molecule has 0 amide bonds. The first-order chi connectivity index (χ1) is 17.4. The van der Waals surface area contributed by atoms with E-state index >= 15 is 0 Å². The SMILES string of the molecule is CC.CC(C(=O)Cc1ccccc1CC[C@@H]1CNCC(C)(C)O1)C(c1ccccc1)c1ccccc1. The summed E-state index contributed by atoms with van der Waals surface area (Å²) in [5, 5.41) is 3.49. The maximum absolute atomic E-state index is 13.6. The first kappa shape index (κ1) is 27.8. The Hall–Kier alpha value is -2.75. The van der Waals surface area contributed by atoms with E-state index in [0.29, 0.717) is 6.42 Å². The predicted octanol–water partition coefficient (Wildman–Crippen LogP) is 6.99. The highest BCUT2D eigenvalue weighted by Gasteiger charge is 2.29. The molecule has 36 heavy (non-hydrogen) atoms. The molecule has 0 aliphatic carbocycles. The smallest absolute Gasteiger partial charge is 0.141 e. The van der Waals surface area contributed by atoms with E-state index < -0.39 is 0 Å². The molecule has 3 nitrogen and oxygen atoms in total. The number of hydrogen-bond acceptors (Lipinski definition) is 3. The van der Waals surface area contributed by atoms with Crippen molar-refractivity contribution in [3.05, 3.63) is 107 Å². The fourth-order valence-electron chi connectivity index (χ4n) is 5.15. The van der Waals surface area contributed by atoms with Crippen LogP contribution in [0.3, 0.4) is 0 Å². The number of ketones is 1. The molecule has 1 N–H and O–H groups in total. The fraction of sp³-hybridized carbons (Fsp3) is 0.424. The van der Waals surface area contributed by atoms with Gasteiger partial charge >= 0.3 is 0 Å². The van der Waals surface area contributed by atoms with Crippen LogP contribution in [0.2, 0.25) is 0 Å². The van der Waals surface area contributed by atoms with Gasteiger partial charge in [-0.3, -0.25) is 4.79 Å². The van der Waals surface area contributed by atoms with Crippen molar-refractivity contribution in [1.82, 2.24) is 5.32 Å². The Morgan fingerprint density at radius 2 is 1.42 bits per heavy atom. The molecule has 2 atom stereocenters. The molecule has 1 fully saturated rings. The molecule has 1 aliphatic heterocycles. The molecule has 3 heteroatoms. The minimum Gasteiger partial charge on any atom is -0.370 e. The number of Topliss-reactive ketones (excluding diaryl/α,β-unsaturated/α-hetero) is 1. The van der Waals surface area contributed by atoms with Gasteiger partial charge in [0.1, 0.15) is 5.78 Å². The second-order valence-electron chi connectivity index (χ2n) is 10.2. The lowest BCUT2D eigenvalue weighted by molar-refractivity contribution is -0.122. The van der Waals surface area contributed by atoms with Gasteiger partial charge in [-0.15, -0.1) is 0 Å². The van der Waals surface area contributed by atoms with Crippen LogP contribution in [0, 0.1) is 5.92 Å². The maximum Gasteiger partial charge on any atom is 0.141 e. The highest BCUT2D eigenvalue weighted by atomic mass is 16.5. The Labute approximate surface area is 218 Å². The average molecular weight is 486 g/mol. The Morgan fingerprint density at radius 1 is 0.889 bits per heavy atom. The highest BCUT2D eigenvalue weighted by Crippen LogP contribution is 2.33. The molecular formula is C33H43NO2. The van der Waals surface area contributed by atoms with E-state index in [4.69, 9.17) is 4.74 Å². The number of morpholine rings is 1. The van der Waals surface area contributed by atoms with Crippen molar-refractivity contribution in [3.8, 4) is 0 Å². The summed E-state index contributed by atoms with van der Waals surface area (Å²) in [7, 11) is 0. The normalized spacial score (nSPS) is 17.7. The Morgan fingerprint density at radius 3 is 1.97 bits per heavy atom. The van der Waals surface area contributed by atoms with Gasteiger partial charge < -0.3 is 10.1 Å². The van der Waals surface area contributed by atoms with Crippen LogP contribution in [-0.2, 0) is 22.4 Å². The fourth-order valence-corrected chi connectivity index (χ4v) is 5.15. The number of carbonyl (C=O) groups excluding carboxylic acids is 1. The molecule has 1 unspecified atom stereocenters. The monoisotopic (exact) mass is 485 g/mol. The molecule has 0 radical (unpaired) electrons. The molecule has 0 saturated carbocycles. The third kappa shape index (κ3) is 7.62. The Bertz CT molecular complexity index is 1020. The maximum atomic E-state index is 13.6. The summed E-state index contributed by atoms with van der Waals surface area (Å²) in [4.78, 5) is 13.6. The summed E-state index contributed by atoms with van der Waals surface area (Å²) in [6.07, 6.45) is 2.53. The molecule has 0 aromatic heterocycles. The summed E-state index contributed by atoms with van der Waals surface area (Å²) in [5.74, 6) is 0.206. The molecule has 0 bridgehead atoms. The third-order valence-electron chi connectivity index (χ3n) is 6.95. The van der Waals surface area contributed by atoms with Crippen LogP contribution in [0.4, 0.5) is 0 Å². The van der Waals surface area contributed by atoms with E-state index in [0.717, 1.165) is 31.5 Å². The number of benzene rings is 3. The summed E-state index contributed by atoms with van der Waals surface area (Å²) < 4.78 is 6.25. The lowest BCUT2D eigenvalue weighted by Gasteiger charge is -2.36. The van der Waals surface area contributed by atoms with E-state index in [-0.39, 0.29) is 29.3 Å². The van der Waals surface area contributed by atoms with Gasteiger partial charge in [-0.25, -0.2) is 0 Å². The summed E-state index contributed by atoms with van der Waals surface area (Å²) in [6, 6.07) is 29.2. The van der Waals surface area contributed by atoms with Crippen LogP contribution in [0.1, 0.15) is 69.2 Å². The lowest BCUT2D eigenvalue weighted by atomic mass is 9.78. The van der Waals surface area contributed by atoms with Crippen molar-refractivity contribution in [2.24, 2.45) is 5.92 Å². The number of carbonyl (C=O) groups is 1. The standard InChI is InChI=1S/C31H37NO2.C2H6/c1-23(30(25-13-6-4-7-14-25)26-15-8-5-9-16-26)29(33)20-27-17-11-10-12-24(27)18-19-28-21-32-22-31(2,3)34-28;1-2/h4-17,23,28,30,32H,18-22H2,1-3H3;1-2H3/t23?,28-;/m1./s1. The van der Waals surface area contributed by atoms with Crippen LogP contribution in [0.25, 0.3) is 0 Å². The lowest BCUT2D eigenvalue weighted by Crippen LogP contribution is -2.50. The first-order valence-corrected chi connectivity index (χ1v) is 13.5. The zero-order chi connectivity index (χ0) is 26.0. The van der Waals surface area contributed by atoms with Gasteiger partial charge in [-0.2, -0.15) is 0 Å². The quantitative estimate of drug-likeness (QED) is 0.355. The van der Waals surface area contributed by atoms with Crippen LogP contribution in [0.5, 0.6) is 0 Å². The Kier molecular flexibility index (Phi) is 10.5. The highest BCUT2D eigenvalue weighted by molar-refractivity contribution is 5.84. The van der Waals surface area contributed by atoms with Gasteiger partial charge in [0.2, 0.25) is 0 Å². The van der Waals surface area contributed by atoms with E-state index in [1.165, 1.54) is 16.7 Å². The zero-order valence-electron chi connectivity index (χ0n) is 22.7. The van der Waals surface area contributed by atoms with Crippen molar-refractivity contribution in [1.29, 1.82) is 0 Å². The van der Waals surface area contributed by atoms with Crippen molar-refractivity contribution in [2.45, 2.75) is 71.5 Å². The average Bonchev–Trinajstić information content (AvgIpc) is 2.90. The van der Waals surface area contributed by atoms with E-state index in [1.54, 1.807) is 0 Å². The molecular weight excluding hydrogens is 442 g/mol. The number of rotatable bonds is 9. The molecule has 1 heterocycles. The molecule has 0 spiro atoms. The van der Waals surface area contributed by atoms with Gasteiger partial charge in [0, 0.05) is 31.3 Å². The zero-order valence-corrected chi connectivity index (χ0v) is 22.7. The van der Waals surface area contributed by atoms with Crippen LogP contribution >= 0.6 is 0 Å². The van der Waals surface area contributed by atoms with Crippen molar-refractivity contribution < 1.29 is 9.53 Å². The van der Waals surface area contributed by atoms with Gasteiger partial charge in [0.25, 0.3) is 0 Å². The second-order valence-corrected chi connectivity index (χ2v) is 10.2. The van der Waals surface area contributed by atoms with Gasteiger partial charge in [-0.1, -0.05) is 106 Å². The van der Waals surface area contributed by atoms with Gasteiger partial charge in [-0.05, 0) is 48.9 Å². The molecule has 1 saturated heterocycles. The molecule has 1 aliphatic rings. The van der Waals surface area contributed by atoms with Gasteiger partial charge in [0.05, 0.1) is 11.7 Å². The predicted molar refractivity (Wildman–Crippen MR) is 151 cm³/mol. The van der Waals surface area contributed by atoms with Crippen LogP contribution < -0.4 is 5.32 Å². The number of aryl methyl sites for hydroxylation is 1. The first-order valence-electron chi connectivity index (χ1n) is 13.5. The van der Waals surface area contributed by atoms with Crippen LogP contribution in [0.15, 0.2) is 84.9 Å². The minimum atomic E-state index is -0.127. The van der Waals surface area contributed by atoms with Gasteiger partial charge in [0.15, 0.2) is 0 Å². The molecule has 192 valence electrons. The number of hydrogen-bond donors (Lipinski definition) is 1. The third-order valence-corrected chi connectivity index (χ3v) is 6.95. The van der Waals surface area contributed by atoms with E-state index in [2.05, 4.69) is 92.8 Å². The molecule has 3 aromatic carbocycles. The van der Waals surface area contributed by atoms with Crippen molar-refractivity contribution in [3.63, 3.8) is 0 Å². The molecule has 3 aromatic rings. The largest absolute Gasteiger partial charge is 0.370 e. The summed E-state index contributed by atoms with van der Waals surface area (Å²) in [5.41, 5.74) is 4.64. The molecule has 4 rings (SSSR count). The summed E-state index contributed by atoms with van der Waals surface area (Å²) >= 11 is 0. The van der Waals surface area contributed by atoms with E-state index in [9.17, 15) is 4.79 Å². The topological polar surface area (TPSA) is 38.3 Å². The summed E-state index contributed by atoms with van der Waals surface area (Å²) in [6.45, 7) is 12.1. The number of nitrogens with one attached hydrogen (secondary N) is 1. The van der Waals surface area contributed by atoms with E-state index in [1.807, 2.05) is 32.0 Å². The van der Waals surface area contributed by atoms with Crippen molar-refractivity contribution in [2.75, 3.05) is 13.1 Å².